The van der Waals surface area contributed by atoms with Crippen molar-refractivity contribution in [3.8, 4) is 0 Å². The van der Waals surface area contributed by atoms with Gasteiger partial charge in [0, 0.05) is 6.61 Å². The zero-order valence-corrected chi connectivity index (χ0v) is 10.3. The molecule has 1 aromatic rings. The second-order valence-electron chi connectivity index (χ2n) is 3.60. The average molecular weight is 307 g/mol. The Labute approximate surface area is 96.9 Å². The largest absolute Gasteiger partial charge is 0.383 e. The van der Waals surface area contributed by atoms with Crippen LogP contribution in [0.4, 0.5) is 5.82 Å². The number of anilines is 1. The first-order chi connectivity index (χ1) is 6.68. The fourth-order valence-corrected chi connectivity index (χ4v) is 2.08. The summed E-state index contributed by atoms with van der Waals surface area (Å²) in [5, 5.41) is 4.38. The molecule has 1 aliphatic rings. The molecule has 0 radical (unpaired) electrons. The molecule has 0 aromatic carbocycles. The van der Waals surface area contributed by atoms with Gasteiger partial charge in [0.15, 0.2) is 0 Å². The molecule has 1 saturated heterocycles. The third-order valence-electron chi connectivity index (χ3n) is 2.49. The van der Waals surface area contributed by atoms with Gasteiger partial charge in [-0.1, -0.05) is 0 Å². The van der Waals surface area contributed by atoms with E-state index in [-0.39, 0.29) is 0 Å². The molecule has 2 N–H and O–H groups in total. The van der Waals surface area contributed by atoms with E-state index in [4.69, 9.17) is 10.5 Å². The van der Waals surface area contributed by atoms with Crippen molar-refractivity contribution in [2.45, 2.75) is 32.4 Å². The van der Waals surface area contributed by atoms with Crippen LogP contribution in [-0.4, -0.2) is 22.5 Å². The SMILES string of the molecule is Cc1nn(CC2CCCO2)c(N)c1I. The third kappa shape index (κ3) is 1.88. The number of rotatable bonds is 2. The van der Waals surface area contributed by atoms with Gasteiger partial charge in [-0.15, -0.1) is 0 Å². The number of halogens is 1. The Balaban J connectivity index is 2.12. The first kappa shape index (κ1) is 10.2. The quantitative estimate of drug-likeness (QED) is 0.844. The molecule has 0 aliphatic carbocycles. The highest BCUT2D eigenvalue weighted by Gasteiger charge is 2.18. The second-order valence-corrected chi connectivity index (χ2v) is 4.68. The minimum Gasteiger partial charge on any atom is -0.383 e. The van der Waals surface area contributed by atoms with Crippen molar-refractivity contribution in [1.29, 1.82) is 0 Å². The fourth-order valence-electron chi connectivity index (χ4n) is 1.70. The molecular formula is C9H14IN3O. The normalized spacial score (nSPS) is 21.7. The number of ether oxygens (including phenoxy) is 1. The molecule has 1 atom stereocenters. The van der Waals surface area contributed by atoms with Gasteiger partial charge in [0.25, 0.3) is 0 Å². The van der Waals surface area contributed by atoms with Crippen LogP contribution < -0.4 is 5.73 Å². The molecule has 1 aromatic heterocycles. The molecule has 0 saturated carbocycles. The molecule has 0 spiro atoms. The van der Waals surface area contributed by atoms with Crippen LogP contribution >= 0.6 is 22.6 Å². The fraction of sp³-hybridized carbons (Fsp3) is 0.667. The van der Waals surface area contributed by atoms with Gasteiger partial charge in [0.2, 0.25) is 0 Å². The molecular weight excluding hydrogens is 293 g/mol. The van der Waals surface area contributed by atoms with Crippen molar-refractivity contribution >= 4 is 28.4 Å². The summed E-state index contributed by atoms with van der Waals surface area (Å²) in [6, 6.07) is 0. The monoisotopic (exact) mass is 307 g/mol. The van der Waals surface area contributed by atoms with E-state index in [2.05, 4.69) is 27.7 Å². The number of hydrogen-bond donors (Lipinski definition) is 1. The topological polar surface area (TPSA) is 53.1 Å². The standard InChI is InChI=1S/C9H14IN3O/c1-6-8(10)9(11)13(12-6)5-7-3-2-4-14-7/h7H,2-5,11H2,1H3. The molecule has 78 valence electrons. The van der Waals surface area contributed by atoms with E-state index in [0.717, 1.165) is 41.1 Å². The molecule has 1 fully saturated rings. The van der Waals surface area contributed by atoms with E-state index in [1.54, 1.807) is 0 Å². The van der Waals surface area contributed by atoms with E-state index in [1.807, 2.05) is 11.6 Å². The van der Waals surface area contributed by atoms with E-state index < -0.39 is 0 Å². The lowest BCUT2D eigenvalue weighted by molar-refractivity contribution is 0.0945. The Morgan fingerprint density at radius 1 is 1.71 bits per heavy atom. The van der Waals surface area contributed by atoms with Gasteiger partial charge in [-0.3, -0.25) is 0 Å². The molecule has 14 heavy (non-hydrogen) atoms. The maximum absolute atomic E-state index is 5.92. The summed E-state index contributed by atoms with van der Waals surface area (Å²) in [5.74, 6) is 0.763. The van der Waals surface area contributed by atoms with Crippen molar-refractivity contribution in [2.75, 3.05) is 12.3 Å². The number of nitrogens with two attached hydrogens (primary N) is 1. The van der Waals surface area contributed by atoms with Crippen LogP contribution in [0.15, 0.2) is 0 Å². The highest BCUT2D eigenvalue weighted by molar-refractivity contribution is 14.1. The van der Waals surface area contributed by atoms with E-state index in [0.29, 0.717) is 6.10 Å². The lowest BCUT2D eigenvalue weighted by atomic mass is 10.2. The maximum Gasteiger partial charge on any atom is 0.135 e. The maximum atomic E-state index is 5.92. The van der Waals surface area contributed by atoms with Crippen LogP contribution in [0.25, 0.3) is 0 Å². The Hall–Kier alpha value is -0.300. The van der Waals surface area contributed by atoms with Crippen molar-refractivity contribution in [2.24, 2.45) is 0 Å². The summed E-state index contributed by atoms with van der Waals surface area (Å²) in [6.45, 7) is 3.64. The van der Waals surface area contributed by atoms with Gasteiger partial charge in [-0.2, -0.15) is 5.10 Å². The van der Waals surface area contributed by atoms with Gasteiger partial charge in [0.1, 0.15) is 5.82 Å². The molecule has 1 unspecified atom stereocenters. The summed E-state index contributed by atoms with van der Waals surface area (Å²) >= 11 is 2.23. The molecule has 0 bridgehead atoms. The molecule has 4 nitrogen and oxygen atoms in total. The van der Waals surface area contributed by atoms with Gasteiger partial charge in [-0.05, 0) is 42.4 Å². The van der Waals surface area contributed by atoms with Crippen molar-refractivity contribution in [1.82, 2.24) is 9.78 Å². The Morgan fingerprint density at radius 3 is 3.00 bits per heavy atom. The van der Waals surface area contributed by atoms with E-state index >= 15 is 0 Å². The minimum atomic E-state index is 0.299. The summed E-state index contributed by atoms with van der Waals surface area (Å²) in [6.07, 6.45) is 2.57. The molecule has 1 aliphatic heterocycles. The van der Waals surface area contributed by atoms with Crippen molar-refractivity contribution in [3.63, 3.8) is 0 Å². The minimum absolute atomic E-state index is 0.299. The highest BCUT2D eigenvalue weighted by Crippen LogP contribution is 2.21. The van der Waals surface area contributed by atoms with Gasteiger partial charge in [-0.25, -0.2) is 4.68 Å². The van der Waals surface area contributed by atoms with Crippen LogP contribution in [0.2, 0.25) is 0 Å². The second kappa shape index (κ2) is 4.06. The van der Waals surface area contributed by atoms with Gasteiger partial charge < -0.3 is 10.5 Å². The zero-order valence-electron chi connectivity index (χ0n) is 8.16. The first-order valence-corrected chi connectivity index (χ1v) is 5.86. The molecule has 2 heterocycles. The Kier molecular flexibility index (Phi) is 2.96. The molecule has 0 amide bonds. The number of nitrogen functional groups attached to an aromatic ring is 1. The predicted octanol–water partition coefficient (Wildman–Crippen LogP) is 1.56. The third-order valence-corrected chi connectivity index (χ3v) is 3.83. The van der Waals surface area contributed by atoms with E-state index in [9.17, 15) is 0 Å². The number of aryl methyl sites for hydroxylation is 1. The summed E-state index contributed by atoms with van der Waals surface area (Å²) < 4.78 is 8.45. The van der Waals surface area contributed by atoms with Crippen molar-refractivity contribution < 1.29 is 4.74 Å². The lowest BCUT2D eigenvalue weighted by Crippen LogP contribution is -2.17. The van der Waals surface area contributed by atoms with Crippen molar-refractivity contribution in [3.05, 3.63) is 9.26 Å². The summed E-state index contributed by atoms with van der Waals surface area (Å²) in [7, 11) is 0. The summed E-state index contributed by atoms with van der Waals surface area (Å²) in [5.41, 5.74) is 6.92. The number of hydrogen-bond acceptors (Lipinski definition) is 3. The summed E-state index contributed by atoms with van der Waals surface area (Å²) in [4.78, 5) is 0. The lowest BCUT2D eigenvalue weighted by Gasteiger charge is -2.10. The van der Waals surface area contributed by atoms with Crippen LogP contribution in [0.5, 0.6) is 0 Å². The van der Waals surface area contributed by atoms with Crippen LogP contribution in [-0.2, 0) is 11.3 Å². The average Bonchev–Trinajstić information content (AvgIpc) is 2.73. The number of nitrogens with zero attached hydrogens (tertiary/aromatic N) is 2. The number of aromatic nitrogens is 2. The van der Waals surface area contributed by atoms with Crippen LogP contribution in [0, 0.1) is 10.5 Å². The highest BCUT2D eigenvalue weighted by atomic mass is 127. The molecule has 2 rings (SSSR count). The Bertz CT molecular complexity index is 331. The van der Waals surface area contributed by atoms with Crippen LogP contribution in [0.3, 0.4) is 0 Å². The Morgan fingerprint density at radius 2 is 2.50 bits per heavy atom. The molecule has 5 heteroatoms. The zero-order chi connectivity index (χ0) is 10.1. The van der Waals surface area contributed by atoms with E-state index in [1.165, 1.54) is 0 Å². The smallest absolute Gasteiger partial charge is 0.135 e. The predicted molar refractivity (Wildman–Crippen MR) is 63.1 cm³/mol. The van der Waals surface area contributed by atoms with Gasteiger partial charge >= 0.3 is 0 Å². The van der Waals surface area contributed by atoms with Crippen LogP contribution in [0.1, 0.15) is 18.5 Å². The van der Waals surface area contributed by atoms with Gasteiger partial charge in [0.05, 0.1) is 21.9 Å². The first-order valence-electron chi connectivity index (χ1n) is 4.78.